The molecule has 6 heterocycles. The Morgan fingerprint density at radius 3 is 1.49 bits per heavy atom. The molecule has 1 aromatic carbocycles. The highest BCUT2D eigenvalue weighted by Gasteiger charge is 2.30. The fourth-order valence-electron chi connectivity index (χ4n) is 6.10. The lowest BCUT2D eigenvalue weighted by Crippen LogP contribution is -2.47. The van der Waals surface area contributed by atoms with E-state index in [2.05, 4.69) is 20.3 Å². The second kappa shape index (κ2) is 22.4. The third kappa shape index (κ3) is 12.5. The van der Waals surface area contributed by atoms with E-state index in [1.807, 2.05) is 6.07 Å². The molecule has 3 N–H and O–H groups in total. The average molecular weight is 937 g/mol. The minimum atomic E-state index is -1.16. The lowest BCUT2D eigenvalue weighted by molar-refractivity contribution is -0.137. The average Bonchev–Trinajstić information content (AvgIpc) is 4.11. The molecule has 6 aromatic heterocycles. The Kier molecular flexibility index (Phi) is 17.4. The zero-order valence-corrected chi connectivity index (χ0v) is 37.4. The van der Waals surface area contributed by atoms with Gasteiger partial charge in [-0.25, -0.2) is 24.5 Å². The first-order valence-electron chi connectivity index (χ1n) is 19.4. The number of nitrogens with two attached hydrogens (primary N) is 1. The molecule has 0 aliphatic carbocycles. The van der Waals surface area contributed by atoms with Gasteiger partial charge in [-0.15, -0.1) is 0 Å². The number of amides is 2. The molecule has 1 atom stereocenters. The van der Waals surface area contributed by atoms with Gasteiger partial charge in [0, 0.05) is 56.0 Å². The Labute approximate surface area is 382 Å². The molecule has 20 heteroatoms. The number of esters is 2. The van der Waals surface area contributed by atoms with Crippen molar-refractivity contribution < 1.29 is 59.9 Å². The normalized spacial score (nSPS) is 11.0. The zero-order valence-electron chi connectivity index (χ0n) is 35.9. The number of ketones is 1. The number of furan rings is 3. The smallest absolute Gasteiger partial charge is 0.376 e. The van der Waals surface area contributed by atoms with E-state index in [1.165, 1.54) is 6.07 Å². The second-order valence-electron chi connectivity index (χ2n) is 13.5. The van der Waals surface area contributed by atoms with E-state index < -0.39 is 35.6 Å². The number of rotatable bonds is 13. The van der Waals surface area contributed by atoms with Crippen LogP contribution in [0.15, 0.2) is 81.3 Å². The van der Waals surface area contributed by atoms with Crippen molar-refractivity contribution in [1.29, 1.82) is 0 Å². The van der Waals surface area contributed by atoms with Crippen molar-refractivity contribution >= 4 is 52.7 Å². The molecule has 2 amide bonds. The molecule has 0 aliphatic rings. The fourth-order valence-corrected chi connectivity index (χ4v) is 6.55. The van der Waals surface area contributed by atoms with E-state index in [4.69, 9.17) is 64.9 Å². The van der Waals surface area contributed by atoms with E-state index in [-0.39, 0.29) is 59.8 Å². The fraction of sp³-hybridized carbons (Fsp3) is 0.289. The van der Waals surface area contributed by atoms with Gasteiger partial charge in [0.05, 0.1) is 19.5 Å². The summed E-state index contributed by atoms with van der Waals surface area (Å²) < 4.78 is 41.5. The SMILES string of the molecule is C.CCOC(=O)c1oc(C)nc1-c1cc(Cl)oc1C.CCOC(=O)c1oc(C)nc1-c1ccoc1C.Cc1nc(-c2cc(Cl)oc2C)c(C(=O)NC(Cc2ccccc2)C(=O)C(N)=O)o1. The molecule has 344 valence electrons. The van der Waals surface area contributed by atoms with Gasteiger partial charge in [0.15, 0.2) is 28.1 Å². The Morgan fingerprint density at radius 1 is 0.646 bits per heavy atom. The van der Waals surface area contributed by atoms with Crippen LogP contribution in [-0.2, 0) is 25.5 Å². The Hall–Kier alpha value is -7.18. The van der Waals surface area contributed by atoms with Gasteiger partial charge in [0.1, 0.15) is 40.4 Å². The van der Waals surface area contributed by atoms with E-state index in [9.17, 15) is 24.0 Å². The molecular formula is C45H47Cl2N5O13. The number of carbonyl (C=O) groups is 5. The van der Waals surface area contributed by atoms with Crippen molar-refractivity contribution in [2.75, 3.05) is 13.2 Å². The van der Waals surface area contributed by atoms with Crippen LogP contribution < -0.4 is 11.1 Å². The van der Waals surface area contributed by atoms with E-state index in [0.717, 1.165) is 11.1 Å². The van der Waals surface area contributed by atoms with Crippen LogP contribution >= 0.6 is 23.2 Å². The highest BCUT2D eigenvalue weighted by atomic mass is 35.5. The summed E-state index contributed by atoms with van der Waals surface area (Å²) in [5.74, 6) is -1.03. The molecule has 7 aromatic rings. The summed E-state index contributed by atoms with van der Waals surface area (Å²) in [6.07, 6.45) is 1.64. The molecule has 7 rings (SSSR count). The van der Waals surface area contributed by atoms with Crippen LogP contribution in [0.3, 0.4) is 0 Å². The molecular weight excluding hydrogens is 889 g/mol. The van der Waals surface area contributed by atoms with Crippen molar-refractivity contribution in [2.45, 2.75) is 75.3 Å². The van der Waals surface area contributed by atoms with Crippen LogP contribution in [0, 0.1) is 41.5 Å². The van der Waals surface area contributed by atoms with Crippen molar-refractivity contribution in [3.8, 4) is 33.8 Å². The Morgan fingerprint density at radius 2 is 1.09 bits per heavy atom. The summed E-state index contributed by atoms with van der Waals surface area (Å²) in [5.41, 5.74) is 8.82. The first-order chi connectivity index (χ1) is 30.4. The number of oxazole rings is 3. The van der Waals surface area contributed by atoms with Crippen molar-refractivity contribution in [3.05, 3.63) is 123 Å². The number of benzene rings is 1. The maximum absolute atomic E-state index is 12.9. The van der Waals surface area contributed by atoms with E-state index in [0.29, 0.717) is 58.2 Å². The van der Waals surface area contributed by atoms with Crippen molar-refractivity contribution in [1.82, 2.24) is 20.3 Å². The Bertz CT molecular complexity index is 2770. The maximum atomic E-state index is 12.9. The van der Waals surface area contributed by atoms with Crippen molar-refractivity contribution in [2.24, 2.45) is 5.73 Å². The van der Waals surface area contributed by atoms with E-state index in [1.54, 1.807) is 98.1 Å². The summed E-state index contributed by atoms with van der Waals surface area (Å²) in [6.45, 7) is 14.1. The van der Waals surface area contributed by atoms with Crippen LogP contribution in [0.25, 0.3) is 33.8 Å². The summed E-state index contributed by atoms with van der Waals surface area (Å²) in [7, 11) is 0. The quantitative estimate of drug-likeness (QED) is 0.0806. The van der Waals surface area contributed by atoms with Gasteiger partial charge < -0.3 is 47.0 Å². The minimum Gasteiger partial charge on any atom is -0.469 e. The van der Waals surface area contributed by atoms with Crippen LogP contribution in [-0.4, -0.2) is 63.7 Å². The maximum Gasteiger partial charge on any atom is 0.376 e. The second-order valence-corrected chi connectivity index (χ2v) is 14.3. The molecule has 18 nitrogen and oxygen atoms in total. The number of nitrogens with zero attached hydrogens (tertiary/aromatic N) is 3. The van der Waals surface area contributed by atoms with Gasteiger partial charge in [-0.1, -0.05) is 37.8 Å². The number of ether oxygens (including phenoxy) is 2. The number of hydrogen-bond donors (Lipinski definition) is 2. The number of hydrogen-bond acceptors (Lipinski definition) is 16. The predicted octanol–water partition coefficient (Wildman–Crippen LogP) is 9.35. The standard InChI is InChI=1S/C20H18ClN3O5.C12H12ClNO4.C12H13NO4.CH4/c1-10-13(9-15(21)28-10)16-18(29-11(2)23-16)20(27)24-14(17(25)19(22)26)8-12-6-4-3-5-7-12;1-4-16-12(15)11-10(14-7(3)18-11)8-5-9(13)17-6(8)2;1-4-15-12(14)11-10(13-8(3)17-11)9-5-6-16-7(9)2;/h3-7,9,14H,8H2,1-2H3,(H2,22,26)(H,24,27);5H,4H2,1-3H3;5-6H,4H2,1-3H3;1H4. The van der Waals surface area contributed by atoms with Gasteiger partial charge in [-0.05, 0) is 69.5 Å². The summed E-state index contributed by atoms with van der Waals surface area (Å²) >= 11 is 11.7. The number of aryl methyl sites for hydroxylation is 6. The third-order valence-corrected chi connectivity index (χ3v) is 9.25. The number of halogens is 2. The molecule has 0 radical (unpaired) electrons. The number of Topliss-reactive ketones (excluding diaryl/α,β-unsaturated/α-hetero) is 1. The third-order valence-electron chi connectivity index (χ3n) is 8.88. The molecule has 1 unspecified atom stereocenters. The topological polar surface area (TPSA) is 259 Å². The molecule has 0 saturated carbocycles. The van der Waals surface area contributed by atoms with Crippen LogP contribution in [0.2, 0.25) is 10.4 Å². The van der Waals surface area contributed by atoms with Crippen molar-refractivity contribution in [3.63, 3.8) is 0 Å². The lowest BCUT2D eigenvalue weighted by Gasteiger charge is -2.15. The van der Waals surface area contributed by atoms with Gasteiger partial charge in [0.25, 0.3) is 11.8 Å². The Balaban J connectivity index is 0.000000223. The van der Waals surface area contributed by atoms with Gasteiger partial charge >= 0.3 is 11.9 Å². The van der Waals surface area contributed by atoms with Crippen LogP contribution in [0.1, 0.15) is 93.5 Å². The minimum absolute atomic E-state index is 0. The number of nitrogens with one attached hydrogen (secondary N) is 1. The summed E-state index contributed by atoms with van der Waals surface area (Å²) in [6, 6.07) is 12.6. The van der Waals surface area contributed by atoms with Gasteiger partial charge in [-0.2, -0.15) is 0 Å². The van der Waals surface area contributed by atoms with Gasteiger partial charge in [-0.3, -0.25) is 14.4 Å². The summed E-state index contributed by atoms with van der Waals surface area (Å²) in [5, 5.41) is 2.89. The highest BCUT2D eigenvalue weighted by Crippen LogP contribution is 2.33. The monoisotopic (exact) mass is 935 g/mol. The molecule has 65 heavy (non-hydrogen) atoms. The number of primary amides is 1. The molecule has 0 saturated heterocycles. The molecule has 0 spiro atoms. The summed E-state index contributed by atoms with van der Waals surface area (Å²) in [4.78, 5) is 72.6. The van der Waals surface area contributed by atoms with Gasteiger partial charge in [0.2, 0.25) is 23.1 Å². The van der Waals surface area contributed by atoms with E-state index >= 15 is 0 Å². The largest absolute Gasteiger partial charge is 0.469 e. The number of carbonyl (C=O) groups excluding carboxylic acids is 5. The zero-order chi connectivity index (χ0) is 46.8. The molecule has 0 bridgehead atoms. The first-order valence-corrected chi connectivity index (χ1v) is 20.2. The molecule has 0 fully saturated rings. The first kappa shape index (κ1) is 50.5. The highest BCUT2D eigenvalue weighted by molar-refractivity contribution is 6.38. The predicted molar refractivity (Wildman–Crippen MR) is 235 cm³/mol. The lowest BCUT2D eigenvalue weighted by atomic mass is 10.0. The van der Waals surface area contributed by atoms with Crippen LogP contribution in [0.4, 0.5) is 0 Å². The van der Waals surface area contributed by atoms with Crippen LogP contribution in [0.5, 0.6) is 0 Å². The number of aromatic nitrogens is 3. The molecule has 0 aliphatic heterocycles.